The first kappa shape index (κ1) is 17.8. The smallest absolute Gasteiger partial charge is 0.243 e. The summed E-state index contributed by atoms with van der Waals surface area (Å²) in [6.07, 6.45) is 2.53. The van der Waals surface area contributed by atoms with E-state index in [4.69, 9.17) is 0 Å². The van der Waals surface area contributed by atoms with Crippen molar-refractivity contribution in [3.63, 3.8) is 0 Å². The molecule has 1 aromatic carbocycles. The summed E-state index contributed by atoms with van der Waals surface area (Å²) < 4.78 is 0. The molecule has 0 aliphatic rings. The molecule has 0 bridgehead atoms. The number of anilines is 1. The van der Waals surface area contributed by atoms with Crippen molar-refractivity contribution in [1.82, 2.24) is 15.3 Å². The van der Waals surface area contributed by atoms with Gasteiger partial charge in [0.1, 0.15) is 5.01 Å². The number of para-hydroxylation sites is 1. The Balaban J connectivity index is 1.42. The Hall–Kier alpha value is -3.06. The van der Waals surface area contributed by atoms with Crippen molar-refractivity contribution in [1.29, 1.82) is 0 Å². The van der Waals surface area contributed by atoms with E-state index < -0.39 is 0 Å². The van der Waals surface area contributed by atoms with Crippen LogP contribution in [0.2, 0.25) is 0 Å². The molecule has 0 saturated heterocycles. The summed E-state index contributed by atoms with van der Waals surface area (Å²) >= 11 is 1.50. The number of carbonyl (C=O) groups excluding carboxylic acids is 2. The van der Waals surface area contributed by atoms with Crippen molar-refractivity contribution < 1.29 is 9.59 Å². The molecule has 2 aromatic heterocycles. The highest BCUT2D eigenvalue weighted by molar-refractivity contribution is 7.13. The maximum Gasteiger partial charge on any atom is 0.243 e. The number of aryl methyl sites for hydroxylation is 1. The zero-order valence-corrected chi connectivity index (χ0v) is 14.8. The number of rotatable bonds is 7. The summed E-state index contributed by atoms with van der Waals surface area (Å²) in [5, 5.41) is 8.11. The van der Waals surface area contributed by atoms with Gasteiger partial charge in [0, 0.05) is 23.7 Å². The molecule has 132 valence electrons. The Morgan fingerprint density at radius 2 is 1.81 bits per heavy atom. The van der Waals surface area contributed by atoms with Crippen LogP contribution in [0.25, 0.3) is 10.7 Å². The molecule has 0 aliphatic heterocycles. The first-order valence-corrected chi connectivity index (χ1v) is 9.06. The van der Waals surface area contributed by atoms with Crippen molar-refractivity contribution in [2.75, 3.05) is 11.9 Å². The summed E-state index contributed by atoms with van der Waals surface area (Å²) in [7, 11) is 0. The van der Waals surface area contributed by atoms with Crippen LogP contribution in [-0.2, 0) is 16.0 Å². The SMILES string of the molecule is O=C(CCc1csc(-c2ccccn2)n1)NCC(=O)Nc1ccccc1. The molecule has 7 heteroatoms. The Morgan fingerprint density at radius 3 is 2.58 bits per heavy atom. The van der Waals surface area contributed by atoms with E-state index >= 15 is 0 Å². The monoisotopic (exact) mass is 366 g/mol. The Labute approximate surface area is 155 Å². The van der Waals surface area contributed by atoms with Crippen LogP contribution in [0.15, 0.2) is 60.1 Å². The number of amides is 2. The summed E-state index contributed by atoms with van der Waals surface area (Å²) in [6, 6.07) is 14.8. The number of pyridine rings is 1. The Kier molecular flexibility index (Phi) is 6.05. The van der Waals surface area contributed by atoms with Gasteiger partial charge in [0.25, 0.3) is 0 Å². The van der Waals surface area contributed by atoms with Gasteiger partial charge in [-0.15, -0.1) is 11.3 Å². The first-order chi connectivity index (χ1) is 12.7. The van der Waals surface area contributed by atoms with Crippen LogP contribution in [0.1, 0.15) is 12.1 Å². The Morgan fingerprint density at radius 1 is 1.00 bits per heavy atom. The minimum absolute atomic E-state index is 0.0516. The second-order valence-corrected chi connectivity index (χ2v) is 6.41. The van der Waals surface area contributed by atoms with E-state index in [9.17, 15) is 9.59 Å². The van der Waals surface area contributed by atoms with Gasteiger partial charge in [-0.25, -0.2) is 4.98 Å². The Bertz CT molecular complexity index is 866. The molecule has 2 amide bonds. The quantitative estimate of drug-likeness (QED) is 0.673. The molecule has 0 unspecified atom stereocenters. The lowest BCUT2D eigenvalue weighted by Gasteiger charge is -2.06. The van der Waals surface area contributed by atoms with Crippen molar-refractivity contribution in [3.05, 3.63) is 65.8 Å². The minimum atomic E-state index is -0.254. The number of thiazole rings is 1. The molecule has 0 aliphatic carbocycles. The van der Waals surface area contributed by atoms with E-state index in [-0.39, 0.29) is 24.8 Å². The minimum Gasteiger partial charge on any atom is -0.347 e. The van der Waals surface area contributed by atoms with Gasteiger partial charge < -0.3 is 10.6 Å². The molecule has 0 spiro atoms. The number of carbonyl (C=O) groups is 2. The van der Waals surface area contributed by atoms with Crippen LogP contribution in [-0.4, -0.2) is 28.3 Å². The molecule has 2 N–H and O–H groups in total. The van der Waals surface area contributed by atoms with Crippen molar-refractivity contribution in [2.45, 2.75) is 12.8 Å². The number of hydrogen-bond donors (Lipinski definition) is 2. The number of nitrogens with zero attached hydrogens (tertiary/aromatic N) is 2. The summed E-state index contributed by atoms with van der Waals surface area (Å²) in [4.78, 5) is 32.5. The highest BCUT2D eigenvalue weighted by Crippen LogP contribution is 2.21. The van der Waals surface area contributed by atoms with Gasteiger partial charge in [0.15, 0.2) is 0 Å². The highest BCUT2D eigenvalue weighted by Gasteiger charge is 2.09. The third-order valence-corrected chi connectivity index (χ3v) is 4.46. The lowest BCUT2D eigenvalue weighted by atomic mass is 10.2. The van der Waals surface area contributed by atoms with Crippen LogP contribution in [0.3, 0.4) is 0 Å². The fourth-order valence-electron chi connectivity index (χ4n) is 2.26. The number of nitrogens with one attached hydrogen (secondary N) is 2. The summed E-state index contributed by atoms with van der Waals surface area (Å²) in [5.41, 5.74) is 2.38. The fraction of sp³-hybridized carbons (Fsp3) is 0.158. The average Bonchev–Trinajstić information content (AvgIpc) is 3.15. The van der Waals surface area contributed by atoms with E-state index in [1.54, 1.807) is 18.3 Å². The topological polar surface area (TPSA) is 84.0 Å². The summed E-state index contributed by atoms with van der Waals surface area (Å²) in [6.45, 7) is -0.0516. The van der Waals surface area contributed by atoms with Gasteiger partial charge in [-0.3, -0.25) is 14.6 Å². The standard InChI is InChI=1S/C19H18N4O2S/c24-17(21-12-18(25)22-14-6-2-1-3-7-14)10-9-15-13-26-19(23-15)16-8-4-5-11-20-16/h1-8,11,13H,9-10,12H2,(H,21,24)(H,22,25). The van der Waals surface area contributed by atoms with Crippen LogP contribution in [0.5, 0.6) is 0 Å². The van der Waals surface area contributed by atoms with Gasteiger partial charge in [-0.2, -0.15) is 0 Å². The van der Waals surface area contributed by atoms with Gasteiger partial charge in [-0.1, -0.05) is 24.3 Å². The molecule has 0 radical (unpaired) electrons. The van der Waals surface area contributed by atoms with Crippen LogP contribution in [0.4, 0.5) is 5.69 Å². The third-order valence-electron chi connectivity index (χ3n) is 3.55. The van der Waals surface area contributed by atoms with E-state index in [2.05, 4.69) is 20.6 Å². The zero-order valence-electron chi connectivity index (χ0n) is 14.0. The van der Waals surface area contributed by atoms with E-state index in [1.807, 2.05) is 41.8 Å². The number of benzene rings is 1. The second kappa shape index (κ2) is 8.87. The number of hydrogen-bond acceptors (Lipinski definition) is 5. The normalized spacial score (nSPS) is 10.3. The molecule has 3 rings (SSSR count). The van der Waals surface area contributed by atoms with Crippen molar-refractivity contribution in [3.8, 4) is 10.7 Å². The van der Waals surface area contributed by atoms with Crippen LogP contribution >= 0.6 is 11.3 Å². The van der Waals surface area contributed by atoms with Gasteiger partial charge >= 0.3 is 0 Å². The van der Waals surface area contributed by atoms with Gasteiger partial charge in [0.05, 0.1) is 17.9 Å². The molecule has 0 fully saturated rings. The fourth-order valence-corrected chi connectivity index (χ4v) is 3.09. The van der Waals surface area contributed by atoms with Crippen LogP contribution in [0, 0.1) is 0 Å². The summed E-state index contributed by atoms with van der Waals surface area (Å²) in [5.74, 6) is -0.434. The molecule has 0 saturated carbocycles. The lowest BCUT2D eigenvalue weighted by Crippen LogP contribution is -2.32. The predicted molar refractivity (Wildman–Crippen MR) is 102 cm³/mol. The molecule has 26 heavy (non-hydrogen) atoms. The zero-order chi connectivity index (χ0) is 18.2. The molecular formula is C19H18N4O2S. The first-order valence-electron chi connectivity index (χ1n) is 8.18. The molecule has 0 atom stereocenters. The molecule has 3 aromatic rings. The maximum atomic E-state index is 11.9. The molecule has 2 heterocycles. The van der Waals surface area contributed by atoms with Crippen LogP contribution < -0.4 is 10.6 Å². The van der Waals surface area contributed by atoms with Gasteiger partial charge in [0.2, 0.25) is 11.8 Å². The molecule has 6 nitrogen and oxygen atoms in total. The largest absolute Gasteiger partial charge is 0.347 e. The second-order valence-electron chi connectivity index (χ2n) is 5.55. The van der Waals surface area contributed by atoms with E-state index in [0.717, 1.165) is 16.4 Å². The third kappa shape index (κ3) is 5.22. The number of aromatic nitrogens is 2. The van der Waals surface area contributed by atoms with E-state index in [0.29, 0.717) is 12.1 Å². The predicted octanol–water partition coefficient (Wildman–Crippen LogP) is 2.89. The highest BCUT2D eigenvalue weighted by atomic mass is 32.1. The average molecular weight is 366 g/mol. The lowest BCUT2D eigenvalue weighted by molar-refractivity contribution is -0.124. The van der Waals surface area contributed by atoms with Crippen molar-refractivity contribution in [2.24, 2.45) is 0 Å². The van der Waals surface area contributed by atoms with E-state index in [1.165, 1.54) is 11.3 Å². The van der Waals surface area contributed by atoms with Gasteiger partial charge in [-0.05, 0) is 30.7 Å². The molecular weight excluding hydrogens is 348 g/mol. The van der Waals surface area contributed by atoms with Crippen molar-refractivity contribution >= 4 is 28.8 Å². The maximum absolute atomic E-state index is 11.9.